The topological polar surface area (TPSA) is 68.8 Å². The van der Waals surface area contributed by atoms with Crippen LogP contribution in [0, 0.1) is 0 Å². The molecule has 1 fully saturated rings. The number of hydrogen-bond acceptors (Lipinski definition) is 5. The second kappa shape index (κ2) is 8.17. The second-order valence-electron chi connectivity index (χ2n) is 11.0. The number of amides is 1. The van der Waals surface area contributed by atoms with Gasteiger partial charge in [0, 0.05) is 24.2 Å². The van der Waals surface area contributed by atoms with Crippen molar-refractivity contribution in [3.8, 4) is 0 Å². The van der Waals surface area contributed by atoms with E-state index in [9.17, 15) is 4.79 Å². The van der Waals surface area contributed by atoms with E-state index in [4.69, 9.17) is 13.9 Å². The van der Waals surface area contributed by atoms with E-state index in [1.165, 1.54) is 0 Å². The molecule has 3 rings (SSSR count). The summed E-state index contributed by atoms with van der Waals surface area (Å²) in [6, 6.07) is 6.50. The summed E-state index contributed by atoms with van der Waals surface area (Å²) in [7, 11) is -1.86. The Morgan fingerprint density at radius 1 is 1.23 bits per heavy atom. The van der Waals surface area contributed by atoms with E-state index in [-0.39, 0.29) is 23.3 Å². The van der Waals surface area contributed by atoms with Crippen molar-refractivity contribution in [3.05, 3.63) is 29.3 Å². The van der Waals surface area contributed by atoms with Gasteiger partial charge in [0.05, 0.1) is 24.9 Å². The Morgan fingerprint density at radius 2 is 1.93 bits per heavy atom. The average Bonchev–Trinajstić information content (AvgIpc) is 2.60. The van der Waals surface area contributed by atoms with Crippen molar-refractivity contribution in [2.75, 3.05) is 11.9 Å². The first kappa shape index (κ1) is 23.1. The monoisotopic (exact) mass is 434 g/mol. The molecule has 0 spiro atoms. The number of carbonyl (C=O) groups excluding carboxylic acids is 1. The van der Waals surface area contributed by atoms with Gasteiger partial charge in [-0.25, -0.2) is 4.79 Å². The molecule has 7 heteroatoms. The van der Waals surface area contributed by atoms with E-state index in [2.05, 4.69) is 56.6 Å². The molecule has 2 aliphatic heterocycles. The number of hydrogen-bond donors (Lipinski definition) is 2. The third-order valence-electron chi connectivity index (χ3n) is 6.27. The van der Waals surface area contributed by atoms with Crippen LogP contribution >= 0.6 is 0 Å². The Morgan fingerprint density at radius 3 is 2.57 bits per heavy atom. The molecule has 1 amide bonds. The molecule has 1 unspecified atom stereocenters. The van der Waals surface area contributed by atoms with Crippen molar-refractivity contribution in [1.82, 2.24) is 5.32 Å². The van der Waals surface area contributed by atoms with Crippen molar-refractivity contribution in [2.24, 2.45) is 0 Å². The molecule has 0 radical (unpaired) electrons. The van der Waals surface area contributed by atoms with Crippen molar-refractivity contribution < 1.29 is 18.7 Å². The number of fused-ring (bicyclic) bond motifs is 4. The molecule has 6 nitrogen and oxygen atoms in total. The Labute approximate surface area is 182 Å². The number of ether oxygens (including phenoxy) is 2. The highest BCUT2D eigenvalue weighted by atomic mass is 28.4. The first-order chi connectivity index (χ1) is 13.7. The normalized spacial score (nSPS) is 23.9. The van der Waals surface area contributed by atoms with Crippen LogP contribution in [-0.4, -0.2) is 38.8 Å². The Bertz CT molecular complexity index is 782. The molecule has 1 aromatic rings. The zero-order valence-corrected chi connectivity index (χ0v) is 20.7. The van der Waals surface area contributed by atoms with Gasteiger partial charge in [-0.3, -0.25) is 0 Å². The Balaban J connectivity index is 1.66. The molecule has 0 saturated carbocycles. The van der Waals surface area contributed by atoms with E-state index in [0.717, 1.165) is 23.2 Å². The Kier molecular flexibility index (Phi) is 6.29. The van der Waals surface area contributed by atoms with Crippen molar-refractivity contribution in [1.29, 1.82) is 0 Å². The highest BCUT2D eigenvalue weighted by Crippen LogP contribution is 2.43. The molecular formula is C23H38N2O4Si. The average molecular weight is 435 g/mol. The summed E-state index contributed by atoms with van der Waals surface area (Å²) in [6.07, 6.45) is 0.628. The van der Waals surface area contributed by atoms with Crippen LogP contribution < -0.4 is 10.6 Å². The van der Waals surface area contributed by atoms with Gasteiger partial charge in [-0.1, -0.05) is 26.8 Å². The van der Waals surface area contributed by atoms with Gasteiger partial charge in [-0.15, -0.1) is 0 Å². The lowest BCUT2D eigenvalue weighted by Crippen LogP contribution is -2.54. The van der Waals surface area contributed by atoms with E-state index >= 15 is 0 Å². The van der Waals surface area contributed by atoms with Crippen LogP contribution in [-0.2, 0) is 20.4 Å². The number of anilines is 1. The summed E-state index contributed by atoms with van der Waals surface area (Å²) in [6.45, 7) is 18.0. The standard InChI is InChI=1S/C23H38N2O4Si/c1-22(2,3)28-21(26)24-13-15-9-10-17-16(11-15)19-12-18(25-17)20(14-27-19)29-30(7,8)23(4,5)6/h9-11,18-20,25H,12-14H2,1-8H3,(H,24,26)/t18?,19-,20-/m1/s1. The quantitative estimate of drug-likeness (QED) is 0.625. The predicted octanol–water partition coefficient (Wildman–Crippen LogP) is 5.36. The summed E-state index contributed by atoms with van der Waals surface area (Å²) in [5.41, 5.74) is 2.78. The fraction of sp³-hybridized carbons (Fsp3) is 0.696. The lowest BCUT2D eigenvalue weighted by Gasteiger charge is -2.47. The maximum Gasteiger partial charge on any atom is 0.407 e. The van der Waals surface area contributed by atoms with Crippen LogP contribution in [0.15, 0.2) is 18.2 Å². The second-order valence-corrected chi connectivity index (χ2v) is 15.8. The number of rotatable bonds is 4. The largest absolute Gasteiger partial charge is 0.444 e. The molecule has 2 N–H and O–H groups in total. The first-order valence-electron chi connectivity index (χ1n) is 10.9. The lowest BCUT2D eigenvalue weighted by molar-refractivity contribution is -0.0620. The third kappa shape index (κ3) is 5.37. The van der Waals surface area contributed by atoms with Crippen molar-refractivity contribution >= 4 is 20.1 Å². The smallest absolute Gasteiger partial charge is 0.407 e. The number of nitrogens with one attached hydrogen (secondary N) is 2. The summed E-state index contributed by atoms with van der Waals surface area (Å²) in [4.78, 5) is 11.9. The van der Waals surface area contributed by atoms with Gasteiger partial charge in [0.2, 0.25) is 0 Å². The maximum atomic E-state index is 11.9. The van der Waals surface area contributed by atoms with E-state index < -0.39 is 20.0 Å². The zero-order chi connectivity index (χ0) is 22.3. The van der Waals surface area contributed by atoms with Gasteiger partial charge in [0.15, 0.2) is 8.32 Å². The van der Waals surface area contributed by atoms with E-state index in [1.807, 2.05) is 26.8 Å². The maximum absolute atomic E-state index is 11.9. The summed E-state index contributed by atoms with van der Waals surface area (Å²) in [5.74, 6) is 0. The van der Waals surface area contributed by atoms with Gasteiger partial charge in [-0.2, -0.15) is 0 Å². The lowest BCUT2D eigenvalue weighted by atomic mass is 9.89. The molecule has 30 heavy (non-hydrogen) atoms. The SMILES string of the molecule is CC(C)(C)OC(=O)NCc1ccc2c(c1)[C@H]1CC(N2)[C@H](O[Si](C)(C)C(C)(C)C)CO1. The summed E-state index contributed by atoms with van der Waals surface area (Å²) in [5, 5.41) is 6.68. The van der Waals surface area contributed by atoms with Crippen LogP contribution in [0.1, 0.15) is 65.2 Å². The van der Waals surface area contributed by atoms with Crippen molar-refractivity contribution in [2.45, 2.75) is 96.5 Å². The molecule has 2 aliphatic rings. The highest BCUT2D eigenvalue weighted by Gasteiger charge is 2.44. The number of benzene rings is 1. The van der Waals surface area contributed by atoms with Crippen LogP contribution in [0.3, 0.4) is 0 Å². The first-order valence-corrected chi connectivity index (χ1v) is 13.8. The zero-order valence-electron chi connectivity index (χ0n) is 19.7. The molecule has 1 saturated heterocycles. The fourth-order valence-electron chi connectivity index (χ4n) is 3.63. The molecule has 1 aromatic carbocycles. The van der Waals surface area contributed by atoms with Gasteiger partial charge >= 0.3 is 6.09 Å². The van der Waals surface area contributed by atoms with Crippen molar-refractivity contribution in [3.63, 3.8) is 0 Å². The molecule has 3 atom stereocenters. The van der Waals surface area contributed by atoms with Crippen LogP contribution in [0.25, 0.3) is 0 Å². The number of alkyl carbamates (subject to hydrolysis) is 1. The Hall–Kier alpha value is -1.57. The minimum atomic E-state index is -1.86. The molecule has 2 heterocycles. The molecule has 0 aromatic heterocycles. The van der Waals surface area contributed by atoms with Crippen LogP contribution in [0.5, 0.6) is 0 Å². The van der Waals surface area contributed by atoms with Crippen LogP contribution in [0.2, 0.25) is 18.1 Å². The van der Waals surface area contributed by atoms with E-state index in [0.29, 0.717) is 13.2 Å². The van der Waals surface area contributed by atoms with Crippen LogP contribution in [0.4, 0.5) is 10.5 Å². The van der Waals surface area contributed by atoms with Gasteiger partial charge in [-0.05, 0) is 56.6 Å². The molecule has 2 bridgehead atoms. The minimum Gasteiger partial charge on any atom is -0.444 e. The summed E-state index contributed by atoms with van der Waals surface area (Å²) >= 11 is 0. The van der Waals surface area contributed by atoms with E-state index in [1.54, 1.807) is 0 Å². The molecule has 168 valence electrons. The summed E-state index contributed by atoms with van der Waals surface area (Å²) < 4.78 is 18.2. The predicted molar refractivity (Wildman–Crippen MR) is 122 cm³/mol. The minimum absolute atomic E-state index is 0.0620. The van der Waals surface area contributed by atoms with Gasteiger partial charge in [0.1, 0.15) is 5.60 Å². The fourth-order valence-corrected chi connectivity index (χ4v) is 4.97. The highest BCUT2D eigenvalue weighted by molar-refractivity contribution is 6.74. The molecular weight excluding hydrogens is 396 g/mol. The number of carbonyl (C=O) groups is 1. The van der Waals surface area contributed by atoms with Gasteiger partial charge in [0.25, 0.3) is 0 Å². The third-order valence-corrected chi connectivity index (χ3v) is 10.8. The molecule has 0 aliphatic carbocycles. The van der Waals surface area contributed by atoms with Gasteiger partial charge < -0.3 is 24.5 Å².